The SMILES string of the molecule is CC(C)C(C)OC(=O)C1(c2ccc3c(c2)C(=O)C(=O)N3)CC1. The highest BCUT2D eigenvalue weighted by Gasteiger charge is 2.53. The predicted molar refractivity (Wildman–Crippen MR) is 80.7 cm³/mol. The molecule has 1 aliphatic carbocycles. The van der Waals surface area contributed by atoms with Gasteiger partial charge in [-0.25, -0.2) is 0 Å². The number of rotatable bonds is 4. The number of fused-ring (bicyclic) bond motifs is 1. The lowest BCUT2D eigenvalue weighted by Crippen LogP contribution is -2.29. The standard InChI is InChI=1S/C17H19NO4/c1-9(2)10(3)22-16(21)17(6-7-17)11-4-5-13-12(8-11)14(19)15(20)18-13/h4-5,8-10H,6-7H2,1-3H3,(H,18,19,20). The average Bonchev–Trinajstić information content (AvgIpc) is 3.23. The number of carbonyl (C=O) groups is 3. The average molecular weight is 301 g/mol. The van der Waals surface area contributed by atoms with Crippen LogP contribution in [0.15, 0.2) is 18.2 Å². The molecule has 0 spiro atoms. The van der Waals surface area contributed by atoms with Crippen molar-refractivity contribution < 1.29 is 19.1 Å². The van der Waals surface area contributed by atoms with Gasteiger partial charge in [0.25, 0.3) is 11.7 Å². The number of benzene rings is 1. The maximum atomic E-state index is 12.5. The van der Waals surface area contributed by atoms with Gasteiger partial charge >= 0.3 is 5.97 Å². The van der Waals surface area contributed by atoms with E-state index in [9.17, 15) is 14.4 Å². The molecule has 1 fully saturated rings. The summed E-state index contributed by atoms with van der Waals surface area (Å²) in [6, 6.07) is 5.14. The van der Waals surface area contributed by atoms with Crippen LogP contribution in [0.5, 0.6) is 0 Å². The normalized spacial score (nSPS) is 19.6. The molecule has 0 bridgehead atoms. The van der Waals surface area contributed by atoms with Crippen molar-refractivity contribution in [3.05, 3.63) is 29.3 Å². The van der Waals surface area contributed by atoms with Crippen LogP contribution in [0.2, 0.25) is 0 Å². The second-order valence-corrected chi connectivity index (χ2v) is 6.48. The summed E-state index contributed by atoms with van der Waals surface area (Å²) in [5.41, 5.74) is 0.971. The van der Waals surface area contributed by atoms with Gasteiger partial charge in [0.15, 0.2) is 0 Å². The van der Waals surface area contributed by atoms with Crippen molar-refractivity contribution in [1.29, 1.82) is 0 Å². The van der Waals surface area contributed by atoms with E-state index in [1.54, 1.807) is 18.2 Å². The first kappa shape index (κ1) is 14.8. The number of nitrogens with one attached hydrogen (secondary N) is 1. The molecule has 1 unspecified atom stereocenters. The quantitative estimate of drug-likeness (QED) is 0.685. The van der Waals surface area contributed by atoms with E-state index in [1.807, 2.05) is 20.8 Å². The summed E-state index contributed by atoms with van der Waals surface area (Å²) in [5.74, 6) is -1.15. The van der Waals surface area contributed by atoms with Crippen LogP contribution in [0.4, 0.5) is 5.69 Å². The Morgan fingerprint density at radius 1 is 1.23 bits per heavy atom. The van der Waals surface area contributed by atoms with Gasteiger partial charge in [0, 0.05) is 0 Å². The first-order valence-electron chi connectivity index (χ1n) is 7.56. The monoisotopic (exact) mass is 301 g/mol. The van der Waals surface area contributed by atoms with Crippen LogP contribution < -0.4 is 5.32 Å². The molecular formula is C17H19NO4. The molecule has 1 aromatic rings. The van der Waals surface area contributed by atoms with Crippen LogP contribution in [0.25, 0.3) is 0 Å². The van der Waals surface area contributed by atoms with Gasteiger partial charge in [-0.1, -0.05) is 19.9 Å². The van der Waals surface area contributed by atoms with Crippen LogP contribution in [-0.2, 0) is 19.7 Å². The minimum Gasteiger partial charge on any atom is -0.462 e. The van der Waals surface area contributed by atoms with Gasteiger partial charge in [0.05, 0.1) is 16.7 Å². The first-order valence-corrected chi connectivity index (χ1v) is 7.56. The van der Waals surface area contributed by atoms with Gasteiger partial charge in [0.1, 0.15) is 6.10 Å². The van der Waals surface area contributed by atoms with Crippen molar-refractivity contribution in [2.45, 2.75) is 45.1 Å². The predicted octanol–water partition coefficient (Wildman–Crippen LogP) is 2.44. The van der Waals surface area contributed by atoms with Crippen molar-refractivity contribution >= 4 is 23.3 Å². The summed E-state index contributed by atoms with van der Waals surface area (Å²) >= 11 is 0. The molecule has 1 aliphatic heterocycles. The molecule has 5 heteroatoms. The molecule has 1 heterocycles. The minimum absolute atomic E-state index is 0.149. The smallest absolute Gasteiger partial charge is 0.316 e. The molecule has 0 saturated heterocycles. The lowest BCUT2D eigenvalue weighted by atomic mass is 9.93. The van der Waals surface area contributed by atoms with Crippen LogP contribution in [0.3, 0.4) is 0 Å². The Kier molecular flexibility index (Phi) is 3.31. The zero-order valence-corrected chi connectivity index (χ0v) is 12.9. The summed E-state index contributed by atoms with van der Waals surface area (Å²) < 4.78 is 5.55. The molecule has 5 nitrogen and oxygen atoms in total. The number of esters is 1. The van der Waals surface area contributed by atoms with E-state index in [2.05, 4.69) is 5.32 Å². The van der Waals surface area contributed by atoms with E-state index in [4.69, 9.17) is 4.74 Å². The molecule has 0 radical (unpaired) electrons. The molecule has 2 aliphatic rings. The third kappa shape index (κ3) is 2.21. The van der Waals surface area contributed by atoms with Crippen LogP contribution in [0.1, 0.15) is 49.5 Å². The Bertz CT molecular complexity index is 673. The zero-order valence-electron chi connectivity index (χ0n) is 12.9. The molecule has 3 rings (SSSR count). The van der Waals surface area contributed by atoms with Gasteiger partial charge in [-0.05, 0) is 43.4 Å². The molecule has 1 amide bonds. The van der Waals surface area contributed by atoms with Crippen LogP contribution >= 0.6 is 0 Å². The highest BCUT2D eigenvalue weighted by atomic mass is 16.5. The van der Waals surface area contributed by atoms with Crippen LogP contribution in [-0.4, -0.2) is 23.8 Å². The second kappa shape index (κ2) is 4.93. The van der Waals surface area contributed by atoms with E-state index in [0.29, 0.717) is 24.1 Å². The van der Waals surface area contributed by atoms with E-state index in [0.717, 1.165) is 5.56 Å². The van der Waals surface area contributed by atoms with Crippen molar-refractivity contribution in [2.24, 2.45) is 5.92 Å². The zero-order chi connectivity index (χ0) is 16.1. The Hall–Kier alpha value is -2.17. The molecule has 1 N–H and O–H groups in total. The van der Waals surface area contributed by atoms with Crippen molar-refractivity contribution in [3.63, 3.8) is 0 Å². The molecule has 116 valence electrons. The molecular weight excluding hydrogens is 282 g/mol. The molecule has 1 atom stereocenters. The summed E-state index contributed by atoms with van der Waals surface area (Å²) in [4.78, 5) is 35.7. The third-order valence-corrected chi connectivity index (χ3v) is 4.64. The van der Waals surface area contributed by atoms with Gasteiger partial charge < -0.3 is 10.1 Å². The van der Waals surface area contributed by atoms with Crippen LogP contribution in [0, 0.1) is 5.92 Å². The largest absolute Gasteiger partial charge is 0.462 e. The first-order chi connectivity index (χ1) is 10.3. The number of anilines is 1. The number of hydrogen-bond acceptors (Lipinski definition) is 4. The van der Waals surface area contributed by atoms with E-state index in [-0.39, 0.29) is 18.0 Å². The van der Waals surface area contributed by atoms with E-state index in [1.165, 1.54) is 0 Å². The molecule has 22 heavy (non-hydrogen) atoms. The number of Topliss-reactive ketones (excluding diaryl/α,β-unsaturated/α-hetero) is 1. The van der Waals surface area contributed by atoms with Crippen molar-refractivity contribution in [1.82, 2.24) is 0 Å². The Balaban J connectivity index is 1.87. The maximum Gasteiger partial charge on any atom is 0.316 e. The highest BCUT2D eigenvalue weighted by Crippen LogP contribution is 2.50. The van der Waals surface area contributed by atoms with Gasteiger partial charge in [-0.3, -0.25) is 14.4 Å². The topological polar surface area (TPSA) is 72.5 Å². The fourth-order valence-corrected chi connectivity index (χ4v) is 2.59. The number of ketones is 1. The minimum atomic E-state index is -0.649. The lowest BCUT2D eigenvalue weighted by Gasteiger charge is -2.21. The maximum absolute atomic E-state index is 12.5. The fourth-order valence-electron chi connectivity index (χ4n) is 2.59. The number of ether oxygens (including phenoxy) is 1. The summed E-state index contributed by atoms with van der Waals surface area (Å²) in [7, 11) is 0. The van der Waals surface area contributed by atoms with E-state index < -0.39 is 17.1 Å². The molecule has 1 saturated carbocycles. The van der Waals surface area contributed by atoms with Gasteiger partial charge in [-0.2, -0.15) is 0 Å². The molecule has 0 aromatic heterocycles. The fraction of sp³-hybridized carbons (Fsp3) is 0.471. The van der Waals surface area contributed by atoms with Gasteiger partial charge in [0.2, 0.25) is 0 Å². The van der Waals surface area contributed by atoms with E-state index >= 15 is 0 Å². The molecule has 1 aromatic carbocycles. The summed E-state index contributed by atoms with van der Waals surface area (Å²) in [5, 5.41) is 2.52. The Morgan fingerprint density at radius 2 is 1.91 bits per heavy atom. The number of amides is 1. The van der Waals surface area contributed by atoms with Gasteiger partial charge in [-0.15, -0.1) is 0 Å². The Morgan fingerprint density at radius 3 is 2.50 bits per heavy atom. The lowest BCUT2D eigenvalue weighted by molar-refractivity contribution is -0.153. The summed E-state index contributed by atoms with van der Waals surface area (Å²) in [6.07, 6.45) is 1.28. The van der Waals surface area contributed by atoms with Crippen molar-refractivity contribution in [2.75, 3.05) is 5.32 Å². The Labute approximate surface area is 129 Å². The third-order valence-electron chi connectivity index (χ3n) is 4.64. The van der Waals surface area contributed by atoms with Crippen molar-refractivity contribution in [3.8, 4) is 0 Å². The second-order valence-electron chi connectivity index (χ2n) is 6.48. The number of carbonyl (C=O) groups excluding carboxylic acids is 3. The highest BCUT2D eigenvalue weighted by molar-refractivity contribution is 6.51. The summed E-state index contributed by atoms with van der Waals surface area (Å²) in [6.45, 7) is 5.89. The number of hydrogen-bond donors (Lipinski definition) is 1.